The van der Waals surface area contributed by atoms with Gasteiger partial charge in [-0.2, -0.15) is 5.10 Å². The van der Waals surface area contributed by atoms with E-state index >= 15 is 0 Å². The standard InChI is InChI=1S/C12H18N4O4/c1-8-10(16(19)20)11(15(2)14-8)13-7-12(4-3-5-12)6-9(17)18/h13H,3-7H2,1-2H3,(H,17,18). The number of nitro groups is 1. The summed E-state index contributed by atoms with van der Waals surface area (Å²) in [6, 6.07) is 0. The Morgan fingerprint density at radius 2 is 2.25 bits per heavy atom. The number of anilines is 1. The molecule has 0 saturated heterocycles. The lowest BCUT2D eigenvalue weighted by Gasteiger charge is -2.40. The Kier molecular flexibility index (Phi) is 3.65. The summed E-state index contributed by atoms with van der Waals surface area (Å²) >= 11 is 0. The fourth-order valence-electron chi connectivity index (χ4n) is 2.75. The molecule has 1 aliphatic rings. The Hall–Kier alpha value is -2.12. The van der Waals surface area contributed by atoms with E-state index in [0.29, 0.717) is 18.1 Å². The van der Waals surface area contributed by atoms with Crippen LogP contribution in [-0.2, 0) is 11.8 Å². The van der Waals surface area contributed by atoms with Crippen molar-refractivity contribution >= 4 is 17.5 Å². The number of carbonyl (C=O) groups is 1. The predicted octanol–water partition coefficient (Wildman–Crippen LogP) is 1.69. The van der Waals surface area contributed by atoms with Crippen LogP contribution in [0.25, 0.3) is 0 Å². The molecule has 0 unspecified atom stereocenters. The van der Waals surface area contributed by atoms with Crippen LogP contribution in [0.3, 0.4) is 0 Å². The minimum Gasteiger partial charge on any atom is -0.481 e. The topological polar surface area (TPSA) is 110 Å². The van der Waals surface area contributed by atoms with Gasteiger partial charge < -0.3 is 10.4 Å². The summed E-state index contributed by atoms with van der Waals surface area (Å²) in [6.07, 6.45) is 2.75. The Morgan fingerprint density at radius 1 is 1.60 bits per heavy atom. The minimum absolute atomic E-state index is 0.0442. The first kappa shape index (κ1) is 14.3. The molecule has 1 aromatic heterocycles. The van der Waals surface area contributed by atoms with E-state index in [9.17, 15) is 14.9 Å². The second-order valence-corrected chi connectivity index (χ2v) is 5.44. The Morgan fingerprint density at radius 3 is 2.70 bits per heavy atom. The highest BCUT2D eigenvalue weighted by molar-refractivity contribution is 5.68. The van der Waals surface area contributed by atoms with E-state index in [2.05, 4.69) is 10.4 Å². The summed E-state index contributed by atoms with van der Waals surface area (Å²) in [6.45, 7) is 2.00. The first-order valence-corrected chi connectivity index (χ1v) is 6.48. The van der Waals surface area contributed by atoms with E-state index in [1.807, 2.05) is 0 Å². The fourth-order valence-corrected chi connectivity index (χ4v) is 2.75. The molecule has 1 aliphatic carbocycles. The van der Waals surface area contributed by atoms with Crippen LogP contribution < -0.4 is 5.32 Å². The van der Waals surface area contributed by atoms with Crippen molar-refractivity contribution in [3.63, 3.8) is 0 Å². The molecule has 2 rings (SSSR count). The van der Waals surface area contributed by atoms with Crippen molar-refractivity contribution in [3.8, 4) is 0 Å². The van der Waals surface area contributed by atoms with Crippen LogP contribution in [0.5, 0.6) is 0 Å². The van der Waals surface area contributed by atoms with Gasteiger partial charge in [-0.1, -0.05) is 6.42 Å². The number of aromatic nitrogens is 2. The quantitative estimate of drug-likeness (QED) is 0.607. The molecule has 0 bridgehead atoms. The van der Waals surface area contributed by atoms with E-state index in [1.165, 1.54) is 4.68 Å². The molecular formula is C12H18N4O4. The zero-order valence-corrected chi connectivity index (χ0v) is 11.5. The average Bonchev–Trinajstić information content (AvgIpc) is 2.56. The number of hydrogen-bond acceptors (Lipinski definition) is 5. The Labute approximate surface area is 115 Å². The van der Waals surface area contributed by atoms with E-state index in [-0.39, 0.29) is 17.5 Å². The number of hydrogen-bond donors (Lipinski definition) is 2. The van der Waals surface area contributed by atoms with Gasteiger partial charge in [-0.3, -0.25) is 14.9 Å². The SMILES string of the molecule is Cc1nn(C)c(NCC2(CC(=O)O)CCC2)c1[N+](=O)[O-]. The predicted molar refractivity (Wildman–Crippen MR) is 71.6 cm³/mol. The molecule has 1 aromatic rings. The monoisotopic (exact) mass is 282 g/mol. The summed E-state index contributed by atoms with van der Waals surface area (Å²) in [4.78, 5) is 21.5. The molecule has 0 aromatic carbocycles. The number of carboxylic acid groups (broad SMARTS) is 1. The second kappa shape index (κ2) is 5.10. The summed E-state index contributed by atoms with van der Waals surface area (Å²) < 4.78 is 1.43. The smallest absolute Gasteiger partial charge is 0.333 e. The van der Waals surface area contributed by atoms with Gasteiger partial charge in [0.05, 0.1) is 11.3 Å². The van der Waals surface area contributed by atoms with Gasteiger partial charge in [-0.25, -0.2) is 4.68 Å². The summed E-state index contributed by atoms with van der Waals surface area (Å²) in [5, 5.41) is 27.1. The van der Waals surface area contributed by atoms with Crippen LogP contribution in [0.1, 0.15) is 31.4 Å². The van der Waals surface area contributed by atoms with Crippen molar-refractivity contribution in [2.75, 3.05) is 11.9 Å². The first-order valence-electron chi connectivity index (χ1n) is 6.48. The van der Waals surface area contributed by atoms with Gasteiger partial charge >= 0.3 is 11.7 Å². The molecule has 1 saturated carbocycles. The molecule has 1 heterocycles. The van der Waals surface area contributed by atoms with Gasteiger partial charge in [0, 0.05) is 13.6 Å². The molecule has 1 fully saturated rings. The number of carboxylic acids is 1. The van der Waals surface area contributed by atoms with Crippen molar-refractivity contribution in [2.24, 2.45) is 12.5 Å². The van der Waals surface area contributed by atoms with Gasteiger partial charge in [0.25, 0.3) is 0 Å². The Bertz CT molecular complexity index is 548. The summed E-state index contributed by atoms with van der Waals surface area (Å²) in [7, 11) is 1.63. The lowest BCUT2D eigenvalue weighted by atomic mass is 9.66. The molecule has 0 amide bonds. The third-order valence-corrected chi connectivity index (χ3v) is 3.94. The van der Waals surface area contributed by atoms with Crippen LogP contribution in [-0.4, -0.2) is 32.3 Å². The van der Waals surface area contributed by atoms with E-state index in [1.54, 1.807) is 14.0 Å². The molecule has 0 spiro atoms. The van der Waals surface area contributed by atoms with Gasteiger partial charge in [-0.05, 0) is 25.2 Å². The average molecular weight is 282 g/mol. The number of nitrogens with one attached hydrogen (secondary N) is 1. The lowest BCUT2D eigenvalue weighted by molar-refractivity contribution is -0.384. The van der Waals surface area contributed by atoms with E-state index < -0.39 is 10.9 Å². The third kappa shape index (κ3) is 2.59. The van der Waals surface area contributed by atoms with Crippen molar-refractivity contribution in [2.45, 2.75) is 32.6 Å². The zero-order valence-electron chi connectivity index (χ0n) is 11.5. The highest BCUT2D eigenvalue weighted by Crippen LogP contribution is 2.44. The van der Waals surface area contributed by atoms with Gasteiger partial charge in [0.1, 0.15) is 5.69 Å². The van der Waals surface area contributed by atoms with Gasteiger partial charge in [-0.15, -0.1) is 0 Å². The summed E-state index contributed by atoms with van der Waals surface area (Å²) in [5.74, 6) is -0.494. The van der Waals surface area contributed by atoms with Gasteiger partial charge in [0.15, 0.2) is 0 Å². The highest BCUT2D eigenvalue weighted by atomic mass is 16.6. The normalized spacial score (nSPS) is 16.5. The highest BCUT2D eigenvalue weighted by Gasteiger charge is 2.39. The number of rotatable bonds is 6. The molecule has 8 heteroatoms. The molecule has 110 valence electrons. The third-order valence-electron chi connectivity index (χ3n) is 3.94. The van der Waals surface area contributed by atoms with Crippen molar-refractivity contribution < 1.29 is 14.8 Å². The van der Waals surface area contributed by atoms with Crippen LogP contribution in [0.2, 0.25) is 0 Å². The molecule has 2 N–H and O–H groups in total. The number of aliphatic carboxylic acids is 1. The molecule has 0 aliphatic heterocycles. The van der Waals surface area contributed by atoms with Gasteiger partial charge in [0.2, 0.25) is 5.82 Å². The maximum atomic E-state index is 11.1. The van der Waals surface area contributed by atoms with Crippen molar-refractivity contribution in [1.82, 2.24) is 9.78 Å². The maximum absolute atomic E-state index is 11.1. The molecule has 0 atom stereocenters. The van der Waals surface area contributed by atoms with Crippen LogP contribution in [0.15, 0.2) is 0 Å². The number of aryl methyl sites for hydroxylation is 2. The molecule has 8 nitrogen and oxygen atoms in total. The molecular weight excluding hydrogens is 264 g/mol. The first-order chi connectivity index (χ1) is 9.34. The van der Waals surface area contributed by atoms with Crippen molar-refractivity contribution in [1.29, 1.82) is 0 Å². The van der Waals surface area contributed by atoms with E-state index in [0.717, 1.165) is 19.3 Å². The van der Waals surface area contributed by atoms with Crippen LogP contribution in [0, 0.1) is 22.5 Å². The largest absolute Gasteiger partial charge is 0.481 e. The zero-order chi connectivity index (χ0) is 14.9. The maximum Gasteiger partial charge on any atom is 0.333 e. The lowest BCUT2D eigenvalue weighted by Crippen LogP contribution is -2.39. The number of nitrogens with zero attached hydrogens (tertiary/aromatic N) is 3. The van der Waals surface area contributed by atoms with E-state index in [4.69, 9.17) is 5.11 Å². The fraction of sp³-hybridized carbons (Fsp3) is 0.667. The summed E-state index contributed by atoms with van der Waals surface area (Å²) in [5.41, 5.74) is 0.0101. The second-order valence-electron chi connectivity index (χ2n) is 5.44. The van der Waals surface area contributed by atoms with Crippen LogP contribution >= 0.6 is 0 Å². The molecule has 0 radical (unpaired) electrons. The Balaban J connectivity index is 2.14. The van der Waals surface area contributed by atoms with Crippen molar-refractivity contribution in [3.05, 3.63) is 15.8 Å². The molecule has 20 heavy (non-hydrogen) atoms. The minimum atomic E-state index is -0.831. The van der Waals surface area contributed by atoms with Crippen LogP contribution in [0.4, 0.5) is 11.5 Å².